The van der Waals surface area contributed by atoms with E-state index < -0.39 is 10.0 Å². The Morgan fingerprint density at radius 3 is 2.31 bits per heavy atom. The summed E-state index contributed by atoms with van der Waals surface area (Å²) < 4.78 is 28.1. The van der Waals surface area contributed by atoms with E-state index in [1.54, 1.807) is 60.3 Å². The molecule has 186 valence electrons. The van der Waals surface area contributed by atoms with Crippen LogP contribution in [0.1, 0.15) is 22.3 Å². The lowest BCUT2D eigenvalue weighted by Crippen LogP contribution is -2.41. The van der Waals surface area contributed by atoms with Crippen molar-refractivity contribution < 1.29 is 13.2 Å². The highest BCUT2D eigenvalue weighted by atomic mass is 35.5. The van der Waals surface area contributed by atoms with Gasteiger partial charge in [0.2, 0.25) is 5.91 Å². The summed E-state index contributed by atoms with van der Waals surface area (Å²) >= 11 is 13.7. The van der Waals surface area contributed by atoms with Crippen LogP contribution in [0.4, 0.5) is 5.69 Å². The van der Waals surface area contributed by atoms with E-state index in [0.717, 1.165) is 22.3 Å². The molecule has 0 bridgehead atoms. The minimum Gasteiger partial charge on any atom is -0.354 e. The first-order valence-electron chi connectivity index (χ1n) is 11.0. The van der Waals surface area contributed by atoms with Crippen LogP contribution in [0.3, 0.4) is 0 Å². The molecule has 0 heterocycles. The second kappa shape index (κ2) is 12.2. The van der Waals surface area contributed by atoms with Crippen LogP contribution in [-0.2, 0) is 20.6 Å². The van der Waals surface area contributed by atoms with Gasteiger partial charge in [-0.3, -0.25) is 9.10 Å². The molecular weight excluding hydrogens is 523 g/mol. The number of hydrogen-bond donors (Lipinski definition) is 1. The SMILES string of the molecule is Cc1ccc(S(=O)(=O)N(CC(=O)NCCSCc2ccc(Cl)cc2Cl)c2ccc(C)c(C)c2)cc1. The van der Waals surface area contributed by atoms with Crippen LogP contribution in [0.5, 0.6) is 0 Å². The number of aryl methyl sites for hydroxylation is 3. The lowest BCUT2D eigenvalue weighted by molar-refractivity contribution is -0.119. The van der Waals surface area contributed by atoms with E-state index in [-0.39, 0.29) is 17.3 Å². The fourth-order valence-electron chi connectivity index (χ4n) is 3.30. The zero-order chi connectivity index (χ0) is 25.6. The number of carbonyl (C=O) groups excluding carboxylic acids is 1. The number of nitrogens with zero attached hydrogens (tertiary/aromatic N) is 1. The molecule has 1 N–H and O–H groups in total. The summed E-state index contributed by atoms with van der Waals surface area (Å²) in [6.07, 6.45) is 0. The number of amides is 1. The average Bonchev–Trinajstić information content (AvgIpc) is 2.80. The minimum absolute atomic E-state index is 0.143. The molecule has 35 heavy (non-hydrogen) atoms. The van der Waals surface area contributed by atoms with Crippen LogP contribution in [0.15, 0.2) is 65.6 Å². The van der Waals surface area contributed by atoms with E-state index >= 15 is 0 Å². The maximum Gasteiger partial charge on any atom is 0.264 e. The molecule has 0 saturated heterocycles. The molecule has 1 amide bonds. The Kier molecular flexibility index (Phi) is 9.53. The summed E-state index contributed by atoms with van der Waals surface area (Å²) in [7, 11) is -3.93. The van der Waals surface area contributed by atoms with Gasteiger partial charge in [0.05, 0.1) is 10.6 Å². The van der Waals surface area contributed by atoms with Crippen molar-refractivity contribution in [1.29, 1.82) is 0 Å². The van der Waals surface area contributed by atoms with Gasteiger partial charge in [0.25, 0.3) is 10.0 Å². The van der Waals surface area contributed by atoms with Gasteiger partial charge in [0.1, 0.15) is 6.54 Å². The number of nitrogens with one attached hydrogen (secondary N) is 1. The number of thioether (sulfide) groups is 1. The molecule has 0 aliphatic heterocycles. The Labute approximate surface area is 221 Å². The monoisotopic (exact) mass is 550 g/mol. The molecule has 0 unspecified atom stereocenters. The van der Waals surface area contributed by atoms with Crippen LogP contribution in [0, 0.1) is 20.8 Å². The third-order valence-electron chi connectivity index (χ3n) is 5.52. The van der Waals surface area contributed by atoms with E-state index in [9.17, 15) is 13.2 Å². The molecule has 5 nitrogen and oxygen atoms in total. The summed E-state index contributed by atoms with van der Waals surface area (Å²) in [5.74, 6) is 0.964. The van der Waals surface area contributed by atoms with Crippen LogP contribution in [0.25, 0.3) is 0 Å². The maximum absolute atomic E-state index is 13.5. The Balaban J connectivity index is 1.67. The fraction of sp³-hybridized carbons (Fsp3) is 0.269. The lowest BCUT2D eigenvalue weighted by Gasteiger charge is -2.25. The van der Waals surface area contributed by atoms with Gasteiger partial charge in [0, 0.05) is 28.1 Å². The van der Waals surface area contributed by atoms with Gasteiger partial charge >= 0.3 is 0 Å². The van der Waals surface area contributed by atoms with E-state index in [1.165, 1.54) is 4.31 Å². The largest absolute Gasteiger partial charge is 0.354 e. The number of rotatable bonds is 10. The highest BCUT2D eigenvalue weighted by Gasteiger charge is 2.27. The average molecular weight is 552 g/mol. The molecule has 0 atom stereocenters. The van der Waals surface area contributed by atoms with Gasteiger partial charge in [-0.25, -0.2) is 8.42 Å². The molecule has 0 radical (unpaired) electrons. The predicted octanol–water partition coefficient (Wildman–Crippen LogP) is 6.16. The number of benzene rings is 3. The summed E-state index contributed by atoms with van der Waals surface area (Å²) in [6, 6.07) is 17.4. The summed E-state index contributed by atoms with van der Waals surface area (Å²) in [5, 5.41) is 4.03. The summed E-state index contributed by atoms with van der Waals surface area (Å²) in [4.78, 5) is 12.9. The Bertz CT molecular complexity index is 1300. The lowest BCUT2D eigenvalue weighted by atomic mass is 10.1. The molecule has 0 aromatic heterocycles. The van der Waals surface area contributed by atoms with Gasteiger partial charge in [0.15, 0.2) is 0 Å². The van der Waals surface area contributed by atoms with Crippen LogP contribution in [0.2, 0.25) is 10.0 Å². The second-order valence-corrected chi connectivity index (χ2v) is 12.0. The molecule has 3 rings (SSSR count). The highest BCUT2D eigenvalue weighted by molar-refractivity contribution is 7.98. The summed E-state index contributed by atoms with van der Waals surface area (Å²) in [6.45, 7) is 5.86. The topological polar surface area (TPSA) is 66.5 Å². The van der Waals surface area contributed by atoms with Crippen molar-refractivity contribution in [2.75, 3.05) is 23.1 Å². The van der Waals surface area contributed by atoms with Crippen molar-refractivity contribution in [3.63, 3.8) is 0 Å². The molecule has 0 spiro atoms. The third-order valence-corrected chi connectivity index (χ3v) is 8.90. The third kappa shape index (κ3) is 7.40. The van der Waals surface area contributed by atoms with Crippen LogP contribution in [-0.4, -0.2) is 33.2 Å². The first-order chi connectivity index (χ1) is 16.6. The quantitative estimate of drug-likeness (QED) is 0.307. The molecule has 0 aliphatic rings. The molecule has 0 fully saturated rings. The van der Waals surface area contributed by atoms with Gasteiger partial charge in [-0.2, -0.15) is 11.8 Å². The smallest absolute Gasteiger partial charge is 0.264 e. The highest BCUT2D eigenvalue weighted by Crippen LogP contribution is 2.26. The molecule has 0 saturated carbocycles. The zero-order valence-electron chi connectivity index (χ0n) is 19.8. The molecule has 9 heteroatoms. The van der Waals surface area contributed by atoms with Crippen molar-refractivity contribution in [2.45, 2.75) is 31.4 Å². The standard InChI is InChI=1S/C26H28Cl2N2O3S2/c1-18-4-10-24(11-5-18)35(32,33)30(23-9-6-19(2)20(3)14-23)16-26(31)29-12-13-34-17-21-7-8-22(27)15-25(21)28/h4-11,14-15H,12-13,16-17H2,1-3H3,(H,29,31). The minimum atomic E-state index is -3.93. The van der Waals surface area contributed by atoms with Crippen molar-refractivity contribution in [3.05, 3.63) is 93.0 Å². The fourth-order valence-corrected chi connectivity index (χ4v) is 6.13. The van der Waals surface area contributed by atoms with E-state index in [0.29, 0.717) is 33.8 Å². The van der Waals surface area contributed by atoms with Gasteiger partial charge in [-0.1, -0.05) is 53.0 Å². The second-order valence-electron chi connectivity index (χ2n) is 8.23. The van der Waals surface area contributed by atoms with Crippen molar-refractivity contribution >= 4 is 56.6 Å². The first-order valence-corrected chi connectivity index (χ1v) is 14.4. The number of hydrogen-bond acceptors (Lipinski definition) is 4. The number of anilines is 1. The molecular formula is C26H28Cl2N2O3S2. The molecule has 3 aromatic carbocycles. The van der Waals surface area contributed by atoms with Crippen molar-refractivity contribution in [1.82, 2.24) is 5.32 Å². The van der Waals surface area contributed by atoms with Crippen LogP contribution >= 0.6 is 35.0 Å². The Hall–Kier alpha value is -2.19. The first kappa shape index (κ1) is 27.4. The number of carbonyl (C=O) groups is 1. The predicted molar refractivity (Wildman–Crippen MR) is 147 cm³/mol. The molecule has 3 aromatic rings. The van der Waals surface area contributed by atoms with E-state index in [4.69, 9.17) is 23.2 Å². The van der Waals surface area contributed by atoms with E-state index in [2.05, 4.69) is 5.32 Å². The zero-order valence-corrected chi connectivity index (χ0v) is 23.0. The van der Waals surface area contributed by atoms with Crippen molar-refractivity contribution in [2.24, 2.45) is 0 Å². The summed E-state index contributed by atoms with van der Waals surface area (Å²) in [5.41, 5.74) is 4.37. The van der Waals surface area contributed by atoms with Gasteiger partial charge in [-0.05, 0) is 73.9 Å². The van der Waals surface area contributed by atoms with Crippen molar-refractivity contribution in [3.8, 4) is 0 Å². The molecule has 0 aliphatic carbocycles. The Morgan fingerprint density at radius 2 is 1.66 bits per heavy atom. The van der Waals surface area contributed by atoms with Crippen LogP contribution < -0.4 is 9.62 Å². The Morgan fingerprint density at radius 1 is 0.943 bits per heavy atom. The van der Waals surface area contributed by atoms with Gasteiger partial charge in [-0.15, -0.1) is 0 Å². The maximum atomic E-state index is 13.5. The number of halogens is 2. The normalized spacial score (nSPS) is 11.3. The van der Waals surface area contributed by atoms with E-state index in [1.807, 2.05) is 32.9 Å². The van der Waals surface area contributed by atoms with Gasteiger partial charge < -0.3 is 5.32 Å². The number of sulfonamides is 1.